The lowest BCUT2D eigenvalue weighted by Crippen LogP contribution is -2.44. The van der Waals surface area contributed by atoms with Crippen molar-refractivity contribution in [3.63, 3.8) is 0 Å². The first-order chi connectivity index (χ1) is 9.48. The summed E-state index contributed by atoms with van der Waals surface area (Å²) in [4.78, 5) is 0. The minimum absolute atomic E-state index is 0.306. The van der Waals surface area contributed by atoms with Crippen LogP contribution in [0, 0.1) is 0 Å². The fourth-order valence-corrected chi connectivity index (χ4v) is 2.31. The van der Waals surface area contributed by atoms with Crippen LogP contribution in [-0.4, -0.2) is 32.9 Å². The van der Waals surface area contributed by atoms with Crippen LogP contribution < -0.4 is 0 Å². The van der Waals surface area contributed by atoms with Gasteiger partial charge in [-0.25, -0.2) is 0 Å². The lowest BCUT2D eigenvalue weighted by atomic mass is 10.1. The summed E-state index contributed by atoms with van der Waals surface area (Å²) in [5.41, 5.74) is 0. The highest BCUT2D eigenvalue weighted by molar-refractivity contribution is 4.54. The topological polar surface area (TPSA) is 63.9 Å². The van der Waals surface area contributed by atoms with Crippen molar-refractivity contribution < 1.29 is 15.4 Å². The highest BCUT2D eigenvalue weighted by atomic mass is 16.6. The molecule has 4 nitrogen and oxygen atoms in total. The second-order valence-corrected chi connectivity index (χ2v) is 5.98. The van der Waals surface area contributed by atoms with E-state index in [1.807, 2.05) is 0 Å². The van der Waals surface area contributed by atoms with Crippen molar-refractivity contribution in [2.45, 2.75) is 96.8 Å². The first-order valence-electron chi connectivity index (χ1n) is 8.39. The summed E-state index contributed by atoms with van der Waals surface area (Å²) in [6, 6.07) is 0. The number of unbranched alkanes of at least 4 members (excludes halogenated alkanes) is 11. The van der Waals surface area contributed by atoms with Crippen LogP contribution in [0.1, 0.15) is 90.9 Å². The molecule has 0 rings (SSSR count). The largest absolute Gasteiger partial charge is 0.352 e. The first kappa shape index (κ1) is 19.8. The molecule has 0 fully saturated rings. The van der Waals surface area contributed by atoms with Crippen LogP contribution in [0.3, 0.4) is 0 Å². The number of nitrogens with zero attached hydrogens (tertiary/aromatic N) is 1. The number of hydrogen-bond acceptors (Lipinski definition) is 4. The highest BCUT2D eigenvalue weighted by Crippen LogP contribution is 2.12. The summed E-state index contributed by atoms with van der Waals surface area (Å²) in [5.74, 6) is -2.11. The van der Waals surface area contributed by atoms with Gasteiger partial charge >= 0.3 is 0 Å². The van der Waals surface area contributed by atoms with Crippen LogP contribution in [0.2, 0.25) is 0 Å². The molecular formula is C16H35NO3. The van der Waals surface area contributed by atoms with Gasteiger partial charge in [-0.3, -0.25) is 0 Å². The molecule has 0 atom stereocenters. The smallest absolute Gasteiger partial charge is 0.243 e. The van der Waals surface area contributed by atoms with Crippen LogP contribution in [0.15, 0.2) is 0 Å². The maximum atomic E-state index is 9.28. The fourth-order valence-electron chi connectivity index (χ4n) is 2.31. The molecule has 0 spiro atoms. The lowest BCUT2D eigenvalue weighted by Gasteiger charge is -2.25. The van der Waals surface area contributed by atoms with Crippen LogP contribution in [-0.2, 0) is 0 Å². The third-order valence-corrected chi connectivity index (χ3v) is 3.71. The quantitative estimate of drug-likeness (QED) is 0.256. The van der Waals surface area contributed by atoms with Crippen LogP contribution in [0.25, 0.3) is 0 Å². The molecule has 0 aromatic rings. The third-order valence-electron chi connectivity index (χ3n) is 3.71. The van der Waals surface area contributed by atoms with Gasteiger partial charge in [0.15, 0.2) is 0 Å². The maximum Gasteiger partial charge on any atom is 0.243 e. The monoisotopic (exact) mass is 289 g/mol. The predicted molar refractivity (Wildman–Crippen MR) is 82.4 cm³/mol. The Balaban J connectivity index is 3.14. The molecule has 20 heavy (non-hydrogen) atoms. The van der Waals surface area contributed by atoms with E-state index in [1.54, 1.807) is 0 Å². The standard InChI is InChI=1S/C16H35NO3/c1-3-4-5-6-7-8-9-10-11-12-13-14-15-17(20)16(2,18)19/h18-20H,3-15H2,1-2H3. The summed E-state index contributed by atoms with van der Waals surface area (Å²) in [6.07, 6.45) is 15.1. The predicted octanol–water partition coefficient (Wildman–Crippen LogP) is 4.04. The molecule has 0 saturated heterocycles. The van der Waals surface area contributed by atoms with E-state index >= 15 is 0 Å². The first-order valence-corrected chi connectivity index (χ1v) is 8.39. The molecular weight excluding hydrogens is 254 g/mol. The second kappa shape index (κ2) is 12.6. The van der Waals surface area contributed by atoms with Gasteiger partial charge in [0, 0.05) is 13.5 Å². The SMILES string of the molecule is CCCCCCCCCCCCCCN(O)C(C)(O)O. The van der Waals surface area contributed by atoms with Crippen LogP contribution in [0.4, 0.5) is 0 Å². The van der Waals surface area contributed by atoms with Crippen molar-refractivity contribution in [1.82, 2.24) is 5.06 Å². The minimum Gasteiger partial charge on any atom is -0.352 e. The Morgan fingerprint density at radius 1 is 0.700 bits per heavy atom. The van der Waals surface area contributed by atoms with E-state index in [9.17, 15) is 5.21 Å². The van der Waals surface area contributed by atoms with E-state index < -0.39 is 5.91 Å². The van der Waals surface area contributed by atoms with Crippen molar-refractivity contribution in [1.29, 1.82) is 0 Å². The third kappa shape index (κ3) is 12.9. The van der Waals surface area contributed by atoms with Gasteiger partial charge in [0.2, 0.25) is 5.91 Å². The molecule has 0 aliphatic carbocycles. The second-order valence-electron chi connectivity index (χ2n) is 5.98. The average molecular weight is 289 g/mol. The van der Waals surface area contributed by atoms with Gasteiger partial charge in [-0.15, -0.1) is 5.06 Å². The molecule has 3 N–H and O–H groups in total. The summed E-state index contributed by atoms with van der Waals surface area (Å²) >= 11 is 0. The van der Waals surface area contributed by atoms with E-state index in [0.29, 0.717) is 11.6 Å². The Morgan fingerprint density at radius 3 is 1.40 bits per heavy atom. The fraction of sp³-hybridized carbons (Fsp3) is 1.00. The van der Waals surface area contributed by atoms with Gasteiger partial charge in [0.05, 0.1) is 0 Å². The normalized spacial score (nSPS) is 12.3. The zero-order valence-corrected chi connectivity index (χ0v) is 13.5. The molecule has 0 amide bonds. The van der Waals surface area contributed by atoms with Crippen molar-refractivity contribution in [3.05, 3.63) is 0 Å². The van der Waals surface area contributed by atoms with Gasteiger partial charge < -0.3 is 15.4 Å². The average Bonchev–Trinajstić information content (AvgIpc) is 2.38. The summed E-state index contributed by atoms with van der Waals surface area (Å²) in [6.45, 7) is 3.71. The van der Waals surface area contributed by atoms with Gasteiger partial charge in [-0.1, -0.05) is 77.6 Å². The minimum atomic E-state index is -2.11. The Morgan fingerprint density at radius 2 is 1.05 bits per heavy atom. The Bertz CT molecular complexity index is 204. The van der Waals surface area contributed by atoms with Gasteiger partial charge in [-0.05, 0) is 6.42 Å². The number of aliphatic hydroxyl groups is 2. The van der Waals surface area contributed by atoms with Crippen molar-refractivity contribution >= 4 is 0 Å². The van der Waals surface area contributed by atoms with E-state index in [0.717, 1.165) is 26.2 Å². The van der Waals surface area contributed by atoms with Gasteiger partial charge in [0.25, 0.3) is 0 Å². The number of hydroxylamine groups is 2. The van der Waals surface area contributed by atoms with Crippen molar-refractivity contribution in [2.75, 3.05) is 6.54 Å². The van der Waals surface area contributed by atoms with Crippen LogP contribution in [0.5, 0.6) is 0 Å². The number of rotatable bonds is 14. The van der Waals surface area contributed by atoms with Crippen molar-refractivity contribution in [3.8, 4) is 0 Å². The van der Waals surface area contributed by atoms with Crippen LogP contribution >= 0.6 is 0 Å². The number of hydrogen-bond donors (Lipinski definition) is 3. The Kier molecular flexibility index (Phi) is 12.5. The molecule has 0 aliphatic rings. The van der Waals surface area contributed by atoms with Gasteiger partial charge in [0.1, 0.15) is 0 Å². The molecule has 0 unspecified atom stereocenters. The Hall–Kier alpha value is -0.160. The Labute approximate surface area is 124 Å². The molecule has 0 heterocycles. The maximum absolute atomic E-state index is 9.28. The molecule has 0 aliphatic heterocycles. The van der Waals surface area contributed by atoms with Gasteiger partial charge in [-0.2, -0.15) is 0 Å². The van der Waals surface area contributed by atoms with E-state index in [-0.39, 0.29) is 0 Å². The van der Waals surface area contributed by atoms with Crippen molar-refractivity contribution in [2.24, 2.45) is 0 Å². The summed E-state index contributed by atoms with van der Waals surface area (Å²) < 4.78 is 0. The zero-order valence-electron chi connectivity index (χ0n) is 13.5. The molecule has 0 saturated carbocycles. The van der Waals surface area contributed by atoms with E-state index in [1.165, 1.54) is 57.8 Å². The summed E-state index contributed by atoms with van der Waals surface area (Å²) in [7, 11) is 0. The lowest BCUT2D eigenvalue weighted by molar-refractivity contribution is -0.351. The zero-order chi connectivity index (χ0) is 15.3. The highest BCUT2D eigenvalue weighted by Gasteiger charge is 2.23. The summed E-state index contributed by atoms with van der Waals surface area (Å²) in [5, 5.41) is 28.1. The molecule has 122 valence electrons. The molecule has 0 bridgehead atoms. The molecule has 0 aromatic carbocycles. The van der Waals surface area contributed by atoms with E-state index in [4.69, 9.17) is 10.2 Å². The molecule has 0 radical (unpaired) electrons. The van der Waals surface area contributed by atoms with E-state index in [2.05, 4.69) is 6.92 Å². The molecule has 4 heteroatoms. The molecule has 0 aromatic heterocycles.